The summed E-state index contributed by atoms with van der Waals surface area (Å²) in [6.45, 7) is 7.57. The van der Waals surface area contributed by atoms with Crippen molar-refractivity contribution in [1.29, 1.82) is 0 Å². The van der Waals surface area contributed by atoms with Gasteiger partial charge >= 0.3 is 5.97 Å². The Bertz CT molecular complexity index is 159. The van der Waals surface area contributed by atoms with E-state index in [1.54, 1.807) is 0 Å². The van der Waals surface area contributed by atoms with Crippen molar-refractivity contribution < 1.29 is 19.0 Å². The monoisotopic (exact) mass is 218 g/mol. The number of hydrogen-bond donors (Lipinski definition) is 0. The molecule has 15 heavy (non-hydrogen) atoms. The molecule has 0 radical (unpaired) electrons. The van der Waals surface area contributed by atoms with Crippen LogP contribution in [0.1, 0.15) is 33.6 Å². The van der Waals surface area contributed by atoms with Gasteiger partial charge in [-0.15, -0.1) is 0 Å². The lowest BCUT2D eigenvalue weighted by Gasteiger charge is -2.12. The lowest BCUT2D eigenvalue weighted by molar-refractivity contribution is -0.142. The summed E-state index contributed by atoms with van der Waals surface area (Å²) in [6, 6.07) is 0. The van der Waals surface area contributed by atoms with Crippen LogP contribution >= 0.6 is 0 Å². The zero-order chi connectivity index (χ0) is 11.5. The van der Waals surface area contributed by atoms with E-state index in [9.17, 15) is 4.79 Å². The van der Waals surface area contributed by atoms with Crippen LogP contribution in [0.2, 0.25) is 0 Å². The van der Waals surface area contributed by atoms with Crippen LogP contribution in [0.4, 0.5) is 0 Å². The summed E-state index contributed by atoms with van der Waals surface area (Å²) in [5.41, 5.74) is 0. The lowest BCUT2D eigenvalue weighted by atomic mass is 10.3. The molecule has 1 atom stereocenters. The average Bonchev–Trinajstić information content (AvgIpc) is 2.17. The Labute approximate surface area is 91.9 Å². The van der Waals surface area contributed by atoms with Gasteiger partial charge in [-0.1, -0.05) is 13.3 Å². The molecule has 4 nitrogen and oxygen atoms in total. The minimum absolute atomic E-state index is 0.105. The van der Waals surface area contributed by atoms with Gasteiger partial charge in [-0.05, 0) is 13.3 Å². The molecule has 0 aliphatic heterocycles. The number of carbonyl (C=O) groups is 1. The predicted molar refractivity (Wildman–Crippen MR) is 57.8 cm³/mol. The number of carbonyl (C=O) groups excluding carboxylic acids is 1. The summed E-state index contributed by atoms with van der Waals surface area (Å²) in [5, 5.41) is 0. The molecule has 0 aliphatic rings. The molecule has 0 amide bonds. The molecule has 0 aromatic carbocycles. The molecule has 0 spiro atoms. The molecule has 4 heteroatoms. The summed E-state index contributed by atoms with van der Waals surface area (Å²) < 4.78 is 15.5. The predicted octanol–water partition coefficient (Wildman–Crippen LogP) is 1.77. The smallest absolute Gasteiger partial charge is 0.302 e. The van der Waals surface area contributed by atoms with Crippen LogP contribution in [0.15, 0.2) is 0 Å². The number of unbranched alkanes of at least 4 members (excludes halogenated alkanes) is 1. The van der Waals surface area contributed by atoms with Crippen LogP contribution in [-0.4, -0.2) is 38.5 Å². The molecule has 0 aromatic heterocycles. The average molecular weight is 218 g/mol. The van der Waals surface area contributed by atoms with E-state index in [1.165, 1.54) is 6.92 Å². The first-order chi connectivity index (χ1) is 7.16. The molecule has 0 N–H and O–H groups in total. The zero-order valence-corrected chi connectivity index (χ0v) is 9.95. The van der Waals surface area contributed by atoms with Crippen molar-refractivity contribution in [3.8, 4) is 0 Å². The summed E-state index contributed by atoms with van der Waals surface area (Å²) in [5.74, 6) is -0.272. The fraction of sp³-hybridized carbons (Fsp3) is 0.909. The second kappa shape index (κ2) is 9.93. The second-order valence-electron chi connectivity index (χ2n) is 3.45. The molecule has 0 aromatic rings. The first-order valence-electron chi connectivity index (χ1n) is 5.49. The minimum Gasteiger partial charge on any atom is -0.463 e. The van der Waals surface area contributed by atoms with Crippen molar-refractivity contribution >= 4 is 5.97 Å². The topological polar surface area (TPSA) is 44.8 Å². The van der Waals surface area contributed by atoms with Gasteiger partial charge in [0.1, 0.15) is 6.61 Å². The number of hydrogen-bond acceptors (Lipinski definition) is 4. The summed E-state index contributed by atoms with van der Waals surface area (Å²) in [7, 11) is 0. The quantitative estimate of drug-likeness (QED) is 0.437. The highest BCUT2D eigenvalue weighted by atomic mass is 16.6. The molecule has 0 saturated heterocycles. The van der Waals surface area contributed by atoms with Gasteiger partial charge < -0.3 is 14.2 Å². The Hall–Kier alpha value is -0.610. The van der Waals surface area contributed by atoms with Crippen LogP contribution < -0.4 is 0 Å². The largest absolute Gasteiger partial charge is 0.463 e. The first kappa shape index (κ1) is 14.4. The Balaban J connectivity index is 3.16. The fourth-order valence-corrected chi connectivity index (χ4v) is 0.971. The van der Waals surface area contributed by atoms with E-state index in [0.29, 0.717) is 19.8 Å². The maximum absolute atomic E-state index is 10.4. The Morgan fingerprint density at radius 3 is 2.60 bits per heavy atom. The van der Waals surface area contributed by atoms with Gasteiger partial charge in [0.2, 0.25) is 0 Å². The van der Waals surface area contributed by atoms with Gasteiger partial charge in [-0.2, -0.15) is 0 Å². The van der Waals surface area contributed by atoms with E-state index < -0.39 is 0 Å². The highest BCUT2D eigenvalue weighted by Crippen LogP contribution is 1.95. The van der Waals surface area contributed by atoms with Gasteiger partial charge in [0.25, 0.3) is 0 Å². The van der Waals surface area contributed by atoms with Crippen molar-refractivity contribution in [1.82, 2.24) is 0 Å². The number of ether oxygens (including phenoxy) is 3. The molecule has 0 saturated carbocycles. The van der Waals surface area contributed by atoms with Gasteiger partial charge in [0, 0.05) is 13.5 Å². The summed E-state index contributed by atoms with van der Waals surface area (Å²) in [4.78, 5) is 10.4. The minimum atomic E-state index is -0.272. The zero-order valence-electron chi connectivity index (χ0n) is 9.95. The van der Waals surface area contributed by atoms with Crippen LogP contribution in [0.3, 0.4) is 0 Å². The van der Waals surface area contributed by atoms with Crippen LogP contribution in [-0.2, 0) is 19.0 Å². The van der Waals surface area contributed by atoms with Gasteiger partial charge in [-0.3, -0.25) is 4.79 Å². The van der Waals surface area contributed by atoms with E-state index in [-0.39, 0.29) is 12.1 Å². The molecule has 0 fully saturated rings. The maximum atomic E-state index is 10.4. The van der Waals surface area contributed by atoms with E-state index in [2.05, 4.69) is 6.92 Å². The molecular weight excluding hydrogens is 196 g/mol. The highest BCUT2D eigenvalue weighted by Gasteiger charge is 2.01. The molecule has 0 aliphatic carbocycles. The van der Waals surface area contributed by atoms with Crippen molar-refractivity contribution in [3.05, 3.63) is 0 Å². The lowest BCUT2D eigenvalue weighted by Crippen LogP contribution is -2.18. The van der Waals surface area contributed by atoms with Crippen molar-refractivity contribution in [2.45, 2.75) is 39.7 Å². The highest BCUT2D eigenvalue weighted by molar-refractivity contribution is 5.65. The Morgan fingerprint density at radius 2 is 2.00 bits per heavy atom. The van der Waals surface area contributed by atoms with Crippen molar-refractivity contribution in [3.63, 3.8) is 0 Å². The third-order valence-corrected chi connectivity index (χ3v) is 1.79. The van der Waals surface area contributed by atoms with E-state index in [1.807, 2.05) is 6.92 Å². The molecule has 0 heterocycles. The molecule has 90 valence electrons. The second-order valence-corrected chi connectivity index (χ2v) is 3.45. The number of esters is 1. The van der Waals surface area contributed by atoms with Crippen LogP contribution in [0.5, 0.6) is 0 Å². The molecule has 0 rings (SSSR count). The molecular formula is C11H22O4. The van der Waals surface area contributed by atoms with Gasteiger partial charge in [0.15, 0.2) is 0 Å². The standard InChI is InChI=1S/C11H22O4/c1-4-5-6-14-10(2)9-13-7-8-15-11(3)12/h10H,4-9H2,1-3H3. The van der Waals surface area contributed by atoms with E-state index in [0.717, 1.165) is 19.4 Å². The summed E-state index contributed by atoms with van der Waals surface area (Å²) in [6.07, 6.45) is 2.33. The fourth-order valence-electron chi connectivity index (χ4n) is 0.971. The molecule has 1 unspecified atom stereocenters. The van der Waals surface area contributed by atoms with E-state index in [4.69, 9.17) is 14.2 Å². The van der Waals surface area contributed by atoms with Crippen LogP contribution in [0, 0.1) is 0 Å². The van der Waals surface area contributed by atoms with E-state index >= 15 is 0 Å². The normalized spacial score (nSPS) is 12.5. The van der Waals surface area contributed by atoms with Crippen molar-refractivity contribution in [2.75, 3.05) is 26.4 Å². The third-order valence-electron chi connectivity index (χ3n) is 1.79. The van der Waals surface area contributed by atoms with Crippen LogP contribution in [0.25, 0.3) is 0 Å². The maximum Gasteiger partial charge on any atom is 0.302 e. The third kappa shape index (κ3) is 11.3. The Kier molecular flexibility index (Phi) is 9.52. The first-order valence-corrected chi connectivity index (χ1v) is 5.49. The van der Waals surface area contributed by atoms with Gasteiger partial charge in [0.05, 0.1) is 19.3 Å². The Morgan fingerprint density at radius 1 is 1.27 bits per heavy atom. The SMILES string of the molecule is CCCCOC(C)COCCOC(C)=O. The molecule has 0 bridgehead atoms. The van der Waals surface area contributed by atoms with Gasteiger partial charge in [-0.25, -0.2) is 0 Å². The van der Waals surface area contributed by atoms with Crippen molar-refractivity contribution in [2.24, 2.45) is 0 Å². The number of rotatable bonds is 9. The summed E-state index contributed by atoms with van der Waals surface area (Å²) >= 11 is 0.